The highest BCUT2D eigenvalue weighted by Crippen LogP contribution is 2.00. The minimum absolute atomic E-state index is 0.521. The van der Waals surface area contributed by atoms with E-state index in [1.165, 1.54) is 4.31 Å². The van der Waals surface area contributed by atoms with Gasteiger partial charge in [-0.25, -0.2) is 4.72 Å². The first-order valence-electron chi connectivity index (χ1n) is 5.39. The molecule has 0 aromatic heterocycles. The lowest BCUT2D eigenvalue weighted by atomic mass is 10.3. The van der Waals surface area contributed by atoms with Crippen LogP contribution in [0.2, 0.25) is 0 Å². The Kier molecular flexibility index (Phi) is 8.69. The summed E-state index contributed by atoms with van der Waals surface area (Å²) in [5.41, 5.74) is 0. The van der Waals surface area contributed by atoms with Crippen LogP contribution in [0, 0.1) is 0 Å². The lowest BCUT2D eigenvalue weighted by Crippen LogP contribution is -2.40. The summed E-state index contributed by atoms with van der Waals surface area (Å²) < 4.78 is 27.3. The van der Waals surface area contributed by atoms with Crippen LogP contribution in [0.3, 0.4) is 0 Å². The molecule has 0 heterocycles. The molecule has 0 fully saturated rings. The second-order valence-corrected chi connectivity index (χ2v) is 5.78. The Morgan fingerprint density at radius 3 is 2.20 bits per heavy atom. The van der Waals surface area contributed by atoms with Crippen molar-refractivity contribution in [1.29, 1.82) is 0 Å². The Hall–Kier alpha value is 0.350. The molecule has 0 atom stereocenters. The van der Waals surface area contributed by atoms with Crippen molar-refractivity contribution >= 4 is 26.1 Å². The molecule has 0 aliphatic carbocycles. The molecule has 0 aromatic carbocycles. The van der Waals surface area contributed by atoms with Crippen molar-refractivity contribution in [2.24, 2.45) is 0 Å². The summed E-state index contributed by atoms with van der Waals surface area (Å²) in [6.07, 6.45) is 3.03. The maximum atomic E-state index is 11.6. The minimum Gasteiger partial charge on any atom is -0.202 e. The van der Waals surface area contributed by atoms with Gasteiger partial charge in [0.15, 0.2) is 0 Å². The molecule has 1 N–H and O–H groups in total. The van der Waals surface area contributed by atoms with E-state index in [-0.39, 0.29) is 0 Å². The van der Waals surface area contributed by atoms with E-state index in [1.54, 1.807) is 0 Å². The fourth-order valence-electron chi connectivity index (χ4n) is 1.25. The molecule has 0 saturated heterocycles. The smallest absolute Gasteiger partial charge is 0.202 e. The maximum absolute atomic E-state index is 11.6. The number of rotatable bonds is 9. The molecule has 0 saturated carbocycles. The molecule has 0 aliphatic heterocycles. The number of halogens is 1. The van der Waals surface area contributed by atoms with E-state index in [0.717, 1.165) is 24.6 Å². The van der Waals surface area contributed by atoms with Crippen molar-refractivity contribution in [2.45, 2.75) is 33.1 Å². The molecule has 0 radical (unpaired) electrons. The van der Waals surface area contributed by atoms with Crippen molar-refractivity contribution in [3.05, 3.63) is 0 Å². The van der Waals surface area contributed by atoms with Crippen LogP contribution in [0.25, 0.3) is 0 Å². The van der Waals surface area contributed by atoms with Crippen LogP contribution >= 0.6 is 15.9 Å². The van der Waals surface area contributed by atoms with E-state index >= 15 is 0 Å². The van der Waals surface area contributed by atoms with E-state index in [4.69, 9.17) is 0 Å². The second kappa shape index (κ2) is 8.50. The Morgan fingerprint density at radius 1 is 1.13 bits per heavy atom. The quantitative estimate of drug-likeness (QED) is 0.521. The molecule has 4 nitrogen and oxygen atoms in total. The van der Waals surface area contributed by atoms with Gasteiger partial charge in [-0.05, 0) is 12.8 Å². The molecule has 6 heteroatoms. The summed E-state index contributed by atoms with van der Waals surface area (Å²) in [5, 5.41) is 0.982. The molecule has 92 valence electrons. The number of hydrogen-bond donors (Lipinski definition) is 1. The zero-order chi connectivity index (χ0) is 11.7. The van der Waals surface area contributed by atoms with Crippen molar-refractivity contribution in [3.63, 3.8) is 0 Å². The summed E-state index contributed by atoms with van der Waals surface area (Å²) in [5.74, 6) is 0. The Labute approximate surface area is 102 Å². The topological polar surface area (TPSA) is 49.4 Å². The van der Waals surface area contributed by atoms with Gasteiger partial charge in [0.1, 0.15) is 0 Å². The number of nitrogens with zero attached hydrogens (tertiary/aromatic N) is 1. The summed E-state index contributed by atoms with van der Waals surface area (Å²) in [4.78, 5) is 0. The van der Waals surface area contributed by atoms with Gasteiger partial charge < -0.3 is 0 Å². The average Bonchev–Trinajstić information content (AvgIpc) is 2.18. The highest BCUT2D eigenvalue weighted by Gasteiger charge is 2.16. The van der Waals surface area contributed by atoms with E-state index < -0.39 is 10.2 Å². The van der Waals surface area contributed by atoms with Crippen LogP contribution in [-0.2, 0) is 10.2 Å². The van der Waals surface area contributed by atoms with Gasteiger partial charge in [-0.15, -0.1) is 0 Å². The lowest BCUT2D eigenvalue weighted by Gasteiger charge is -2.18. The molecule has 0 rings (SSSR count). The molecule has 0 spiro atoms. The lowest BCUT2D eigenvalue weighted by molar-refractivity contribution is 0.434. The second-order valence-electron chi connectivity index (χ2n) is 3.23. The van der Waals surface area contributed by atoms with Crippen LogP contribution in [0.15, 0.2) is 0 Å². The van der Waals surface area contributed by atoms with E-state index in [1.807, 2.05) is 13.8 Å². The molecule has 0 amide bonds. The van der Waals surface area contributed by atoms with Gasteiger partial charge in [-0.3, -0.25) is 0 Å². The average molecular weight is 301 g/mol. The Bertz CT molecular complexity index is 240. The third-order valence-corrected chi connectivity index (χ3v) is 4.47. The van der Waals surface area contributed by atoms with Crippen LogP contribution in [0.1, 0.15) is 33.1 Å². The van der Waals surface area contributed by atoms with Gasteiger partial charge in [0.2, 0.25) is 0 Å². The maximum Gasteiger partial charge on any atom is 0.279 e. The van der Waals surface area contributed by atoms with E-state index in [2.05, 4.69) is 20.7 Å². The number of nitrogens with one attached hydrogen (secondary N) is 1. The largest absolute Gasteiger partial charge is 0.279 e. The summed E-state index contributed by atoms with van der Waals surface area (Å²) in [6.45, 7) is 5.26. The first-order valence-corrected chi connectivity index (χ1v) is 7.95. The Balaban J connectivity index is 3.83. The normalized spacial score (nSPS) is 12.3. The minimum atomic E-state index is -3.24. The summed E-state index contributed by atoms with van der Waals surface area (Å²) in [6, 6.07) is 0. The molecule has 0 bridgehead atoms. The SMILES string of the molecule is CCN(CC)S(=O)(=O)NCCCCCBr. The zero-order valence-corrected chi connectivity index (χ0v) is 11.9. The molecule has 0 aromatic rings. The van der Waals surface area contributed by atoms with Crippen molar-refractivity contribution in [3.8, 4) is 0 Å². The number of unbranched alkanes of at least 4 members (excludes halogenated alkanes) is 2. The predicted molar refractivity (Wildman–Crippen MR) is 67.5 cm³/mol. The fraction of sp³-hybridized carbons (Fsp3) is 1.00. The van der Waals surface area contributed by atoms with Crippen molar-refractivity contribution in [2.75, 3.05) is 25.0 Å². The van der Waals surface area contributed by atoms with Gasteiger partial charge in [0.05, 0.1) is 0 Å². The van der Waals surface area contributed by atoms with Crippen LogP contribution in [0.5, 0.6) is 0 Å². The number of alkyl halides is 1. The van der Waals surface area contributed by atoms with Crippen LogP contribution in [0.4, 0.5) is 0 Å². The van der Waals surface area contributed by atoms with Crippen molar-refractivity contribution < 1.29 is 8.42 Å². The summed E-state index contributed by atoms with van der Waals surface area (Å²) in [7, 11) is -3.24. The fourth-order valence-corrected chi connectivity index (χ4v) is 2.91. The zero-order valence-electron chi connectivity index (χ0n) is 9.50. The van der Waals surface area contributed by atoms with E-state index in [9.17, 15) is 8.42 Å². The first-order chi connectivity index (χ1) is 7.08. The standard InChI is InChI=1S/C9H21BrN2O2S/c1-3-12(4-2)15(13,14)11-9-7-5-6-8-10/h11H,3-9H2,1-2H3. The monoisotopic (exact) mass is 300 g/mol. The van der Waals surface area contributed by atoms with Gasteiger partial charge >= 0.3 is 0 Å². The molecule has 0 aliphatic rings. The molecule has 0 unspecified atom stereocenters. The van der Waals surface area contributed by atoms with Gasteiger partial charge in [-0.2, -0.15) is 12.7 Å². The highest BCUT2D eigenvalue weighted by molar-refractivity contribution is 9.09. The third kappa shape index (κ3) is 6.50. The van der Waals surface area contributed by atoms with Gasteiger partial charge in [0, 0.05) is 25.0 Å². The number of hydrogen-bond acceptors (Lipinski definition) is 2. The molecular weight excluding hydrogens is 280 g/mol. The highest BCUT2D eigenvalue weighted by atomic mass is 79.9. The van der Waals surface area contributed by atoms with Crippen LogP contribution in [-0.4, -0.2) is 37.7 Å². The third-order valence-electron chi connectivity index (χ3n) is 2.14. The van der Waals surface area contributed by atoms with Gasteiger partial charge in [-0.1, -0.05) is 36.2 Å². The summed E-state index contributed by atoms with van der Waals surface area (Å²) >= 11 is 3.34. The van der Waals surface area contributed by atoms with Crippen LogP contribution < -0.4 is 4.72 Å². The predicted octanol–water partition coefficient (Wildman–Crippen LogP) is 1.73. The molecule has 15 heavy (non-hydrogen) atoms. The van der Waals surface area contributed by atoms with Crippen molar-refractivity contribution in [1.82, 2.24) is 9.03 Å². The first kappa shape index (κ1) is 15.3. The Morgan fingerprint density at radius 2 is 1.73 bits per heavy atom. The van der Waals surface area contributed by atoms with E-state index in [0.29, 0.717) is 19.6 Å². The van der Waals surface area contributed by atoms with Gasteiger partial charge in [0.25, 0.3) is 10.2 Å². The molecular formula is C9H21BrN2O2S.